The zero-order chi connectivity index (χ0) is 19.0. The molecule has 0 aromatic heterocycles. The normalized spacial score (nSPS) is 24.2. The molecule has 2 amide bonds. The third-order valence-corrected chi connectivity index (χ3v) is 5.41. The number of rotatable bonds is 2. The first-order valence-corrected chi connectivity index (χ1v) is 9.46. The first kappa shape index (κ1) is 18.0. The van der Waals surface area contributed by atoms with E-state index < -0.39 is 5.60 Å². The average molecular weight is 382 g/mol. The van der Waals surface area contributed by atoms with Crippen LogP contribution >= 0.6 is 11.6 Å². The van der Waals surface area contributed by atoms with E-state index in [9.17, 15) is 9.59 Å². The maximum absolute atomic E-state index is 13.3. The number of carbonyl (C=O) groups excluding carboxylic acids is 2. The van der Waals surface area contributed by atoms with Crippen LogP contribution in [0, 0.1) is 6.92 Å². The predicted octanol–water partition coefficient (Wildman–Crippen LogP) is 4.54. The van der Waals surface area contributed by atoms with Gasteiger partial charge in [0.25, 0.3) is 11.8 Å². The highest BCUT2D eigenvalue weighted by atomic mass is 35.5. The lowest BCUT2D eigenvalue weighted by atomic mass is 9.86. The second-order valence-electron chi connectivity index (χ2n) is 7.02. The molecule has 4 nitrogen and oxygen atoms in total. The molecule has 2 fully saturated rings. The van der Waals surface area contributed by atoms with E-state index in [1.807, 2.05) is 31.2 Å². The molecule has 0 N–H and O–H groups in total. The molecule has 5 heteroatoms. The number of amides is 2. The molecule has 2 aliphatic rings. The fourth-order valence-electron chi connectivity index (χ4n) is 3.69. The average Bonchev–Trinajstić information content (AvgIpc) is 2.87. The molecular weight excluding hydrogens is 362 g/mol. The van der Waals surface area contributed by atoms with Crippen molar-refractivity contribution in [3.8, 4) is 0 Å². The Kier molecular flexibility index (Phi) is 4.62. The van der Waals surface area contributed by atoms with Crippen LogP contribution in [0.3, 0.4) is 0 Å². The van der Waals surface area contributed by atoms with Crippen LogP contribution < -0.4 is 4.90 Å². The molecule has 138 valence electrons. The minimum absolute atomic E-state index is 0.312. The van der Waals surface area contributed by atoms with E-state index in [4.69, 9.17) is 16.3 Å². The molecule has 1 spiro atoms. The number of carbonyl (C=O) groups is 2. The molecule has 2 aromatic rings. The van der Waals surface area contributed by atoms with Gasteiger partial charge in [0.2, 0.25) is 0 Å². The van der Waals surface area contributed by atoms with Gasteiger partial charge in [0.05, 0.1) is 11.3 Å². The van der Waals surface area contributed by atoms with E-state index in [2.05, 4.69) is 0 Å². The molecule has 1 unspecified atom stereocenters. The van der Waals surface area contributed by atoms with Gasteiger partial charge in [0.1, 0.15) is 0 Å². The summed E-state index contributed by atoms with van der Waals surface area (Å²) in [5, 5.41) is 0.553. The van der Waals surface area contributed by atoms with Crippen molar-refractivity contribution in [3.05, 3.63) is 70.3 Å². The third kappa shape index (κ3) is 3.09. The number of nitrogens with zero attached hydrogens (tertiary/aromatic N) is 1. The summed E-state index contributed by atoms with van der Waals surface area (Å²) in [4.78, 5) is 27.8. The van der Waals surface area contributed by atoms with Crippen LogP contribution in [0.1, 0.15) is 30.4 Å². The fraction of sp³-hybridized carbons (Fsp3) is 0.273. The Hall–Kier alpha value is -2.43. The summed E-state index contributed by atoms with van der Waals surface area (Å²) >= 11 is 5.96. The van der Waals surface area contributed by atoms with Gasteiger partial charge in [-0.1, -0.05) is 41.4 Å². The molecule has 2 aromatic carbocycles. The maximum Gasteiger partial charge on any atom is 0.271 e. The number of hydrogen-bond acceptors (Lipinski definition) is 3. The van der Waals surface area contributed by atoms with Crippen molar-refractivity contribution in [3.63, 3.8) is 0 Å². The van der Waals surface area contributed by atoms with Gasteiger partial charge >= 0.3 is 0 Å². The van der Waals surface area contributed by atoms with Gasteiger partial charge in [-0.25, -0.2) is 4.90 Å². The van der Waals surface area contributed by atoms with E-state index in [0.29, 0.717) is 29.3 Å². The van der Waals surface area contributed by atoms with Crippen LogP contribution in [0.2, 0.25) is 5.02 Å². The number of halogens is 1. The Morgan fingerprint density at radius 3 is 2.37 bits per heavy atom. The molecule has 1 atom stereocenters. The SMILES string of the molecule is Cc1ccc(C=C2C(=O)N(c3ccc(Cl)cc3)C(=O)C23CCCCO3)cc1. The highest BCUT2D eigenvalue weighted by molar-refractivity contribution is 6.34. The molecule has 2 saturated heterocycles. The predicted molar refractivity (Wildman–Crippen MR) is 106 cm³/mol. The molecule has 4 rings (SSSR count). The summed E-state index contributed by atoms with van der Waals surface area (Å²) < 4.78 is 5.99. The van der Waals surface area contributed by atoms with Gasteiger partial charge in [0.15, 0.2) is 5.60 Å². The smallest absolute Gasteiger partial charge is 0.271 e. The number of aryl methyl sites for hydroxylation is 1. The lowest BCUT2D eigenvalue weighted by Gasteiger charge is -2.32. The summed E-state index contributed by atoms with van der Waals surface area (Å²) in [6.07, 6.45) is 4.04. The van der Waals surface area contributed by atoms with Crippen molar-refractivity contribution in [1.82, 2.24) is 0 Å². The Bertz CT molecular complexity index is 910. The standard InChI is InChI=1S/C22H20ClNO3/c1-15-4-6-16(7-5-15)14-19-20(25)24(18-10-8-17(23)9-11-18)21(26)22(19)12-2-3-13-27-22/h4-11,14H,2-3,12-13H2,1H3. The van der Waals surface area contributed by atoms with Crippen molar-refractivity contribution in [2.75, 3.05) is 11.5 Å². The van der Waals surface area contributed by atoms with Crippen molar-refractivity contribution >= 4 is 35.2 Å². The molecule has 27 heavy (non-hydrogen) atoms. The van der Waals surface area contributed by atoms with Gasteiger partial charge in [-0.3, -0.25) is 9.59 Å². The highest BCUT2D eigenvalue weighted by Gasteiger charge is 2.57. The van der Waals surface area contributed by atoms with Gasteiger partial charge in [-0.05, 0) is 62.1 Å². The van der Waals surface area contributed by atoms with E-state index in [1.54, 1.807) is 30.3 Å². The van der Waals surface area contributed by atoms with E-state index in [-0.39, 0.29) is 11.8 Å². The zero-order valence-electron chi connectivity index (χ0n) is 15.1. The van der Waals surface area contributed by atoms with Crippen LogP contribution in [0.4, 0.5) is 5.69 Å². The number of benzene rings is 2. The van der Waals surface area contributed by atoms with Crippen LogP contribution in [0.25, 0.3) is 6.08 Å². The Labute approximate surface area is 163 Å². The van der Waals surface area contributed by atoms with E-state index in [1.165, 1.54) is 4.90 Å². The largest absolute Gasteiger partial charge is 0.360 e. The minimum Gasteiger partial charge on any atom is -0.360 e. The van der Waals surface area contributed by atoms with Crippen LogP contribution in [0.15, 0.2) is 54.1 Å². The molecule has 2 aliphatic heterocycles. The molecular formula is C22H20ClNO3. The molecule has 0 radical (unpaired) electrons. The first-order chi connectivity index (χ1) is 13.0. The Balaban J connectivity index is 1.82. The lowest BCUT2D eigenvalue weighted by molar-refractivity contribution is -0.140. The maximum atomic E-state index is 13.3. The highest BCUT2D eigenvalue weighted by Crippen LogP contribution is 2.43. The number of imide groups is 1. The third-order valence-electron chi connectivity index (χ3n) is 5.16. The fourth-order valence-corrected chi connectivity index (χ4v) is 3.82. The van der Waals surface area contributed by atoms with Crippen molar-refractivity contribution in [1.29, 1.82) is 0 Å². The van der Waals surface area contributed by atoms with Gasteiger partial charge in [-0.15, -0.1) is 0 Å². The Morgan fingerprint density at radius 2 is 1.74 bits per heavy atom. The Morgan fingerprint density at radius 1 is 1.04 bits per heavy atom. The van der Waals surface area contributed by atoms with Crippen LogP contribution in [-0.4, -0.2) is 24.0 Å². The number of ether oxygens (including phenoxy) is 1. The van der Waals surface area contributed by atoms with Crippen LogP contribution in [-0.2, 0) is 14.3 Å². The molecule has 0 saturated carbocycles. The second-order valence-corrected chi connectivity index (χ2v) is 7.46. The molecule has 0 aliphatic carbocycles. The number of anilines is 1. The monoisotopic (exact) mass is 381 g/mol. The summed E-state index contributed by atoms with van der Waals surface area (Å²) in [7, 11) is 0. The van der Waals surface area contributed by atoms with Crippen molar-refractivity contribution in [2.45, 2.75) is 31.8 Å². The lowest BCUT2D eigenvalue weighted by Crippen LogP contribution is -2.45. The summed E-state index contributed by atoms with van der Waals surface area (Å²) in [5.41, 5.74) is 1.74. The van der Waals surface area contributed by atoms with Gasteiger partial charge < -0.3 is 4.74 Å². The minimum atomic E-state index is -1.19. The topological polar surface area (TPSA) is 46.6 Å². The summed E-state index contributed by atoms with van der Waals surface area (Å²) in [5.74, 6) is -0.641. The van der Waals surface area contributed by atoms with Crippen molar-refractivity contribution < 1.29 is 14.3 Å². The van der Waals surface area contributed by atoms with Gasteiger partial charge in [-0.2, -0.15) is 0 Å². The molecule has 0 bridgehead atoms. The summed E-state index contributed by atoms with van der Waals surface area (Å²) in [6, 6.07) is 14.6. The first-order valence-electron chi connectivity index (χ1n) is 9.08. The zero-order valence-corrected chi connectivity index (χ0v) is 15.8. The second kappa shape index (κ2) is 6.95. The van der Waals surface area contributed by atoms with E-state index >= 15 is 0 Å². The summed E-state index contributed by atoms with van der Waals surface area (Å²) in [6.45, 7) is 2.48. The van der Waals surface area contributed by atoms with E-state index in [0.717, 1.165) is 24.0 Å². The number of hydrogen-bond donors (Lipinski definition) is 0. The molecule has 2 heterocycles. The van der Waals surface area contributed by atoms with Crippen LogP contribution in [0.5, 0.6) is 0 Å². The van der Waals surface area contributed by atoms with Crippen molar-refractivity contribution in [2.24, 2.45) is 0 Å². The van der Waals surface area contributed by atoms with Gasteiger partial charge in [0, 0.05) is 11.6 Å². The quantitative estimate of drug-likeness (QED) is 0.566.